The average Bonchev–Trinajstić information content (AvgIpc) is 2.77. The molecule has 1 aromatic carbocycles. The summed E-state index contributed by atoms with van der Waals surface area (Å²) >= 11 is 0. The molecule has 0 unspecified atom stereocenters. The third kappa shape index (κ3) is 8.64. The number of benzene rings is 1. The van der Waals surface area contributed by atoms with Gasteiger partial charge in [0.2, 0.25) is 11.8 Å². The van der Waals surface area contributed by atoms with Gasteiger partial charge in [-0.3, -0.25) is 14.6 Å². The van der Waals surface area contributed by atoms with E-state index < -0.39 is 0 Å². The second-order valence-corrected chi connectivity index (χ2v) is 7.30. The fourth-order valence-corrected chi connectivity index (χ4v) is 3.10. The molecule has 0 aliphatic heterocycles. The number of rotatable bonds is 13. The van der Waals surface area contributed by atoms with Crippen molar-refractivity contribution in [1.82, 2.24) is 15.2 Å². The summed E-state index contributed by atoms with van der Waals surface area (Å²) < 4.78 is 5.74. The van der Waals surface area contributed by atoms with Crippen LogP contribution in [0.15, 0.2) is 48.8 Å². The molecule has 0 fully saturated rings. The normalized spacial score (nSPS) is 10.5. The van der Waals surface area contributed by atoms with Gasteiger partial charge < -0.3 is 15.0 Å². The van der Waals surface area contributed by atoms with Gasteiger partial charge in [0.05, 0.1) is 0 Å². The maximum atomic E-state index is 12.2. The number of nitrogens with one attached hydrogen (secondary N) is 1. The van der Waals surface area contributed by atoms with E-state index in [0.717, 1.165) is 42.8 Å². The molecule has 1 N–H and O–H groups in total. The maximum absolute atomic E-state index is 12.2. The predicted octanol–water partition coefficient (Wildman–Crippen LogP) is 4.10. The Labute approximate surface area is 179 Å². The Bertz CT molecular complexity index is 757. The van der Waals surface area contributed by atoms with Gasteiger partial charge >= 0.3 is 0 Å². The van der Waals surface area contributed by atoms with E-state index in [4.69, 9.17) is 4.74 Å². The standard InChI is InChI=1S/C24H33N3O3/c1-3-15-27(16-4-2)24(29)9-5-8-23(28)26-18-20-10-12-22(13-11-20)30-19-21-7-6-14-25-17-21/h6-7,10-14,17H,3-5,8-9,15-16,18-19H2,1-2H3,(H,26,28). The van der Waals surface area contributed by atoms with Crippen molar-refractivity contribution in [3.8, 4) is 5.75 Å². The Hall–Kier alpha value is -2.89. The fourth-order valence-electron chi connectivity index (χ4n) is 3.10. The van der Waals surface area contributed by atoms with Crippen molar-refractivity contribution >= 4 is 11.8 Å². The number of hydrogen-bond acceptors (Lipinski definition) is 4. The highest BCUT2D eigenvalue weighted by Gasteiger charge is 2.12. The quantitative estimate of drug-likeness (QED) is 0.539. The molecule has 0 bridgehead atoms. The van der Waals surface area contributed by atoms with Crippen LogP contribution in [0.2, 0.25) is 0 Å². The molecular weight excluding hydrogens is 378 g/mol. The van der Waals surface area contributed by atoms with E-state index in [9.17, 15) is 9.59 Å². The third-order valence-corrected chi connectivity index (χ3v) is 4.68. The Morgan fingerprint density at radius 2 is 1.73 bits per heavy atom. The smallest absolute Gasteiger partial charge is 0.222 e. The molecule has 2 rings (SSSR count). The predicted molar refractivity (Wildman–Crippen MR) is 118 cm³/mol. The molecule has 0 saturated heterocycles. The zero-order chi connectivity index (χ0) is 21.6. The van der Waals surface area contributed by atoms with Crippen LogP contribution in [0.4, 0.5) is 0 Å². The summed E-state index contributed by atoms with van der Waals surface area (Å²) in [5.41, 5.74) is 2.02. The Balaban J connectivity index is 1.66. The second-order valence-electron chi connectivity index (χ2n) is 7.30. The summed E-state index contributed by atoms with van der Waals surface area (Å²) in [6, 6.07) is 11.5. The number of hydrogen-bond donors (Lipinski definition) is 1. The molecule has 0 saturated carbocycles. The highest BCUT2D eigenvalue weighted by Crippen LogP contribution is 2.14. The molecule has 6 heteroatoms. The van der Waals surface area contributed by atoms with Gasteiger partial charge in [-0.1, -0.05) is 32.0 Å². The number of ether oxygens (including phenoxy) is 1. The van der Waals surface area contributed by atoms with Crippen LogP contribution < -0.4 is 10.1 Å². The first-order chi connectivity index (χ1) is 14.6. The number of nitrogens with zero attached hydrogens (tertiary/aromatic N) is 2. The number of amides is 2. The molecule has 0 spiro atoms. The van der Waals surface area contributed by atoms with Crippen LogP contribution in [0.3, 0.4) is 0 Å². The first kappa shape index (κ1) is 23.4. The largest absolute Gasteiger partial charge is 0.489 e. The number of pyridine rings is 1. The molecule has 1 aromatic heterocycles. The lowest BCUT2D eigenvalue weighted by molar-refractivity contribution is -0.131. The van der Waals surface area contributed by atoms with Crippen molar-refractivity contribution in [2.75, 3.05) is 13.1 Å². The van der Waals surface area contributed by atoms with Crippen molar-refractivity contribution in [1.29, 1.82) is 0 Å². The van der Waals surface area contributed by atoms with Crippen molar-refractivity contribution in [2.45, 2.75) is 59.1 Å². The van der Waals surface area contributed by atoms with Crippen LogP contribution in [0.1, 0.15) is 57.1 Å². The van der Waals surface area contributed by atoms with Gasteiger partial charge in [-0.25, -0.2) is 0 Å². The van der Waals surface area contributed by atoms with Gasteiger partial charge in [0.15, 0.2) is 0 Å². The summed E-state index contributed by atoms with van der Waals surface area (Å²) in [6.45, 7) is 6.66. The van der Waals surface area contributed by atoms with Gasteiger partial charge in [0.25, 0.3) is 0 Å². The fraction of sp³-hybridized carbons (Fsp3) is 0.458. The van der Waals surface area contributed by atoms with Crippen molar-refractivity contribution in [3.05, 3.63) is 59.9 Å². The van der Waals surface area contributed by atoms with Crippen LogP contribution in [0.5, 0.6) is 5.75 Å². The van der Waals surface area contributed by atoms with Gasteiger partial charge in [0.1, 0.15) is 12.4 Å². The van der Waals surface area contributed by atoms with Gasteiger partial charge in [-0.15, -0.1) is 0 Å². The monoisotopic (exact) mass is 411 g/mol. The summed E-state index contributed by atoms with van der Waals surface area (Å²) in [7, 11) is 0. The van der Waals surface area contributed by atoms with Gasteiger partial charge in [0, 0.05) is 50.4 Å². The lowest BCUT2D eigenvalue weighted by atomic mass is 10.2. The van der Waals surface area contributed by atoms with Gasteiger partial charge in [-0.05, 0) is 43.0 Å². The van der Waals surface area contributed by atoms with Crippen LogP contribution in [-0.4, -0.2) is 34.8 Å². The average molecular weight is 412 g/mol. The minimum atomic E-state index is -0.0303. The SMILES string of the molecule is CCCN(CCC)C(=O)CCCC(=O)NCc1ccc(OCc2cccnc2)cc1. The molecule has 0 radical (unpaired) electrons. The van der Waals surface area contributed by atoms with E-state index >= 15 is 0 Å². The summed E-state index contributed by atoms with van der Waals surface area (Å²) in [5, 5.41) is 2.92. The third-order valence-electron chi connectivity index (χ3n) is 4.68. The molecule has 0 aliphatic rings. The number of carbonyl (C=O) groups excluding carboxylic acids is 2. The molecule has 162 valence electrons. The first-order valence-corrected chi connectivity index (χ1v) is 10.8. The minimum absolute atomic E-state index is 0.0303. The zero-order valence-corrected chi connectivity index (χ0v) is 18.1. The molecule has 1 heterocycles. The molecule has 2 aromatic rings. The Morgan fingerprint density at radius 3 is 2.37 bits per heavy atom. The van der Waals surface area contributed by atoms with E-state index in [0.29, 0.717) is 32.4 Å². The van der Waals surface area contributed by atoms with E-state index in [1.807, 2.05) is 41.3 Å². The highest BCUT2D eigenvalue weighted by atomic mass is 16.5. The maximum Gasteiger partial charge on any atom is 0.222 e. The van der Waals surface area contributed by atoms with E-state index in [1.165, 1.54) is 0 Å². The number of aromatic nitrogens is 1. The molecule has 0 atom stereocenters. The summed E-state index contributed by atoms with van der Waals surface area (Å²) in [4.78, 5) is 30.3. The van der Waals surface area contributed by atoms with E-state index in [1.54, 1.807) is 12.4 Å². The highest BCUT2D eigenvalue weighted by molar-refractivity contribution is 5.79. The summed E-state index contributed by atoms with van der Waals surface area (Å²) in [6.07, 6.45) is 6.80. The molecule has 30 heavy (non-hydrogen) atoms. The van der Waals surface area contributed by atoms with Crippen LogP contribution >= 0.6 is 0 Å². The Morgan fingerprint density at radius 1 is 1.00 bits per heavy atom. The Kier molecular flexibility index (Phi) is 10.4. The minimum Gasteiger partial charge on any atom is -0.489 e. The second kappa shape index (κ2) is 13.4. The van der Waals surface area contributed by atoms with Crippen molar-refractivity contribution < 1.29 is 14.3 Å². The van der Waals surface area contributed by atoms with Crippen LogP contribution in [0, 0.1) is 0 Å². The van der Waals surface area contributed by atoms with E-state index in [-0.39, 0.29) is 11.8 Å². The molecule has 0 aliphatic carbocycles. The first-order valence-electron chi connectivity index (χ1n) is 10.8. The topological polar surface area (TPSA) is 71.5 Å². The summed E-state index contributed by atoms with van der Waals surface area (Å²) in [5.74, 6) is 0.891. The van der Waals surface area contributed by atoms with Crippen molar-refractivity contribution in [2.24, 2.45) is 0 Å². The van der Waals surface area contributed by atoms with Crippen LogP contribution in [-0.2, 0) is 22.7 Å². The van der Waals surface area contributed by atoms with Crippen molar-refractivity contribution in [3.63, 3.8) is 0 Å². The number of carbonyl (C=O) groups is 2. The molecular formula is C24H33N3O3. The van der Waals surface area contributed by atoms with E-state index in [2.05, 4.69) is 24.1 Å². The van der Waals surface area contributed by atoms with Crippen LogP contribution in [0.25, 0.3) is 0 Å². The lowest BCUT2D eigenvalue weighted by Crippen LogP contribution is -2.32. The molecule has 6 nitrogen and oxygen atoms in total. The van der Waals surface area contributed by atoms with Gasteiger partial charge in [-0.2, -0.15) is 0 Å². The zero-order valence-electron chi connectivity index (χ0n) is 18.1. The molecule has 2 amide bonds. The lowest BCUT2D eigenvalue weighted by Gasteiger charge is -2.21.